The number of hydrogen-bond acceptors (Lipinski definition) is 8. The van der Waals surface area contributed by atoms with Crippen LogP contribution in [-0.4, -0.2) is 10.7 Å². The average molecular weight is 124 g/mol. The van der Waals surface area contributed by atoms with Crippen LogP contribution in [0.25, 0.3) is 0 Å². The molecular formula is H4N4O4-2. The molecule has 0 rings (SSSR count). The topological polar surface area (TPSA) is 123 Å². The number of hydrogen-bond donors (Lipinski definition) is 2. The lowest BCUT2D eigenvalue weighted by Crippen LogP contribution is -2.37. The van der Waals surface area contributed by atoms with E-state index in [0.717, 1.165) is 0 Å². The molecule has 0 amide bonds. The minimum Gasteiger partial charge on any atom is -0.745 e. The summed E-state index contributed by atoms with van der Waals surface area (Å²) in [6.07, 6.45) is 0. The van der Waals surface area contributed by atoms with Crippen LogP contribution in [0.4, 0.5) is 0 Å². The molecule has 0 aromatic heterocycles. The molecule has 0 heterocycles. The lowest BCUT2D eigenvalue weighted by Gasteiger charge is -2.36. The summed E-state index contributed by atoms with van der Waals surface area (Å²) in [6, 6.07) is 0. The third-order valence-electron chi connectivity index (χ3n) is 0.314. The molecule has 4 N–H and O–H groups in total. The minimum atomic E-state index is -0.694. The van der Waals surface area contributed by atoms with E-state index < -0.39 is 10.7 Å². The lowest BCUT2D eigenvalue weighted by atomic mass is 12.4. The summed E-state index contributed by atoms with van der Waals surface area (Å²) in [5.74, 6) is 8.37. The lowest BCUT2D eigenvalue weighted by molar-refractivity contribution is -0.364. The van der Waals surface area contributed by atoms with E-state index in [1.54, 1.807) is 0 Å². The van der Waals surface area contributed by atoms with E-state index in [2.05, 4.69) is 21.7 Å². The van der Waals surface area contributed by atoms with Crippen LogP contribution in [0.15, 0.2) is 0 Å². The molecule has 8 nitrogen and oxygen atoms in total. The van der Waals surface area contributed by atoms with Crippen LogP contribution in [0.1, 0.15) is 0 Å². The Labute approximate surface area is 44.1 Å². The SMILES string of the molecule is NON([O-])N([O-])ON. The van der Waals surface area contributed by atoms with Crippen LogP contribution in [0, 0.1) is 10.4 Å². The maximum Gasteiger partial charge on any atom is -0.156 e. The smallest absolute Gasteiger partial charge is 0.156 e. The molecule has 50 valence electrons. The second-order valence-electron chi connectivity index (χ2n) is 0.686. The largest absolute Gasteiger partial charge is 0.745 e. The molecule has 0 aliphatic rings. The highest BCUT2D eigenvalue weighted by molar-refractivity contribution is 4.29. The molecule has 0 bridgehead atoms. The van der Waals surface area contributed by atoms with Gasteiger partial charge in [-0.25, -0.2) is 9.88 Å². The van der Waals surface area contributed by atoms with Gasteiger partial charge in [-0.15, -0.1) is 0 Å². The van der Waals surface area contributed by atoms with Crippen molar-refractivity contribution >= 4 is 0 Å². The number of hydrazine groups is 1. The first-order valence-corrected chi connectivity index (χ1v) is 1.40. The zero-order valence-electron chi connectivity index (χ0n) is 3.68. The minimum absolute atomic E-state index is 0.694. The van der Waals surface area contributed by atoms with Crippen molar-refractivity contribution in [3.63, 3.8) is 0 Å². The third-order valence-corrected chi connectivity index (χ3v) is 0.314. The van der Waals surface area contributed by atoms with E-state index in [9.17, 15) is 10.4 Å². The molecule has 0 unspecified atom stereocenters. The molecule has 0 spiro atoms. The van der Waals surface area contributed by atoms with E-state index >= 15 is 0 Å². The second kappa shape index (κ2) is 3.65. The van der Waals surface area contributed by atoms with E-state index in [1.165, 1.54) is 0 Å². The van der Waals surface area contributed by atoms with Crippen LogP contribution < -0.4 is 11.8 Å². The van der Waals surface area contributed by atoms with Gasteiger partial charge in [-0.1, -0.05) is 0 Å². The molecule has 0 radical (unpaired) electrons. The first-order chi connectivity index (χ1) is 3.72. The van der Waals surface area contributed by atoms with Crippen molar-refractivity contribution in [3.8, 4) is 0 Å². The van der Waals surface area contributed by atoms with Crippen LogP contribution >= 0.6 is 0 Å². The quantitative estimate of drug-likeness (QED) is 0.418. The summed E-state index contributed by atoms with van der Waals surface area (Å²) in [7, 11) is 0. The number of rotatable bonds is 3. The summed E-state index contributed by atoms with van der Waals surface area (Å²) in [4.78, 5) is 6.58. The van der Waals surface area contributed by atoms with Crippen LogP contribution in [0.3, 0.4) is 0 Å². The van der Waals surface area contributed by atoms with Gasteiger partial charge in [0.2, 0.25) is 0 Å². The zero-order chi connectivity index (χ0) is 6.57. The van der Waals surface area contributed by atoms with Crippen molar-refractivity contribution in [2.45, 2.75) is 0 Å². The standard InChI is InChI=1S/H4N4O4/c1-7-3(5)4(6)8-2/h1-2H2/q-2. The van der Waals surface area contributed by atoms with Crippen molar-refractivity contribution in [1.29, 1.82) is 0 Å². The van der Waals surface area contributed by atoms with Crippen LogP contribution in [0.2, 0.25) is 0 Å². The molecule has 0 aliphatic heterocycles. The summed E-state index contributed by atoms with van der Waals surface area (Å²) < 4.78 is 0. The van der Waals surface area contributed by atoms with E-state index in [0.29, 0.717) is 0 Å². The molecule has 0 aromatic rings. The summed E-state index contributed by atoms with van der Waals surface area (Å²) in [5.41, 5.74) is 0. The van der Waals surface area contributed by atoms with Crippen molar-refractivity contribution in [2.24, 2.45) is 11.8 Å². The first kappa shape index (κ1) is 7.68. The Bertz CT molecular complexity index is 48.0. The van der Waals surface area contributed by atoms with Crippen molar-refractivity contribution in [2.75, 3.05) is 0 Å². The maximum absolute atomic E-state index is 9.72. The van der Waals surface area contributed by atoms with Crippen LogP contribution in [0.5, 0.6) is 0 Å². The Hall–Kier alpha value is -0.320. The van der Waals surface area contributed by atoms with Gasteiger partial charge in [-0.3, -0.25) is 0 Å². The molecule has 8 heavy (non-hydrogen) atoms. The number of nitrogens with zero attached hydrogens (tertiary/aromatic N) is 2. The summed E-state index contributed by atoms with van der Waals surface area (Å²) in [5, 5.41) is 18.1. The molecule has 0 saturated heterocycles. The molecule has 8 heteroatoms. The van der Waals surface area contributed by atoms with Gasteiger partial charge in [-0.05, 0) is 0 Å². The highest BCUT2D eigenvalue weighted by Crippen LogP contribution is 1.86. The third kappa shape index (κ3) is 2.11. The Morgan fingerprint density at radius 3 is 1.38 bits per heavy atom. The highest BCUT2D eigenvalue weighted by atomic mass is 17.1. The normalized spacial score (nSPS) is 11.2. The molecule has 0 fully saturated rings. The van der Waals surface area contributed by atoms with E-state index in [4.69, 9.17) is 0 Å². The van der Waals surface area contributed by atoms with Gasteiger partial charge >= 0.3 is 0 Å². The monoisotopic (exact) mass is 124 g/mol. The van der Waals surface area contributed by atoms with Gasteiger partial charge in [0, 0.05) is 0 Å². The predicted molar refractivity (Wildman–Crippen MR) is 21.0 cm³/mol. The Morgan fingerprint density at radius 1 is 1.00 bits per heavy atom. The van der Waals surface area contributed by atoms with Gasteiger partial charge in [0.15, 0.2) is 0 Å². The Balaban J connectivity index is 3.29. The average Bonchev–Trinajstić information content (AvgIpc) is 1.84. The van der Waals surface area contributed by atoms with Gasteiger partial charge in [-0.2, -0.15) is 22.5 Å². The highest BCUT2D eigenvalue weighted by Gasteiger charge is 1.86. The van der Waals surface area contributed by atoms with Crippen molar-refractivity contribution < 1.29 is 9.88 Å². The molecule has 0 aliphatic carbocycles. The fourth-order valence-corrected chi connectivity index (χ4v) is 0.0770. The van der Waals surface area contributed by atoms with E-state index in [1.807, 2.05) is 0 Å². The summed E-state index contributed by atoms with van der Waals surface area (Å²) >= 11 is 0. The molecule has 0 aromatic carbocycles. The molecular weight excluding hydrogens is 120 g/mol. The number of nitrogens with two attached hydrogens (primary N) is 2. The van der Waals surface area contributed by atoms with Crippen molar-refractivity contribution in [1.82, 2.24) is 10.7 Å². The fourth-order valence-electron chi connectivity index (χ4n) is 0.0770. The van der Waals surface area contributed by atoms with Gasteiger partial charge in [0.1, 0.15) is 0 Å². The van der Waals surface area contributed by atoms with E-state index in [-0.39, 0.29) is 0 Å². The van der Waals surface area contributed by atoms with Crippen molar-refractivity contribution in [3.05, 3.63) is 10.4 Å². The van der Waals surface area contributed by atoms with Gasteiger partial charge < -0.3 is 10.4 Å². The fraction of sp³-hybridized carbons (Fsp3) is 0. The molecule has 0 saturated carbocycles. The molecule has 0 atom stereocenters. The van der Waals surface area contributed by atoms with Gasteiger partial charge in [0.25, 0.3) is 0 Å². The summed E-state index contributed by atoms with van der Waals surface area (Å²) in [6.45, 7) is 0. The van der Waals surface area contributed by atoms with Crippen LogP contribution in [-0.2, 0) is 9.88 Å². The van der Waals surface area contributed by atoms with Gasteiger partial charge in [0.05, 0.1) is 0 Å². The maximum atomic E-state index is 9.72. The Kier molecular flexibility index (Phi) is 3.51. The first-order valence-electron chi connectivity index (χ1n) is 1.40. The second-order valence-corrected chi connectivity index (χ2v) is 0.686. The Morgan fingerprint density at radius 2 is 1.25 bits per heavy atom. The zero-order valence-corrected chi connectivity index (χ0v) is 3.68. The predicted octanol–water partition coefficient (Wildman–Crippen LogP) is -1.89.